The summed E-state index contributed by atoms with van der Waals surface area (Å²) in [5.41, 5.74) is 5.36. The molecule has 2 aromatic carbocycles. The van der Waals surface area contributed by atoms with Gasteiger partial charge < -0.3 is 0 Å². The fourth-order valence-corrected chi connectivity index (χ4v) is 4.41. The lowest BCUT2D eigenvalue weighted by atomic mass is 9.61. The molecule has 0 spiro atoms. The first-order chi connectivity index (χ1) is 13.2. The number of hydrogen-bond donors (Lipinski definition) is 0. The molecule has 0 radical (unpaired) electrons. The van der Waals surface area contributed by atoms with Crippen molar-refractivity contribution in [1.82, 2.24) is 0 Å². The minimum Gasteiger partial charge on any atom is -0.192 e. The molecule has 2 aliphatic carbocycles. The molecule has 2 atom stereocenters. The monoisotopic (exact) mass is 344 g/mol. The Labute approximate surface area is 157 Å². The third-order valence-corrected chi connectivity index (χ3v) is 5.41. The highest BCUT2D eigenvalue weighted by molar-refractivity contribution is 5.93. The summed E-state index contributed by atoms with van der Waals surface area (Å²) in [6.07, 6.45) is 0.637. The van der Waals surface area contributed by atoms with Crippen molar-refractivity contribution in [1.29, 1.82) is 21.0 Å². The van der Waals surface area contributed by atoms with E-state index in [4.69, 9.17) is 0 Å². The summed E-state index contributed by atoms with van der Waals surface area (Å²) in [6, 6.07) is 23.6. The molecular weight excluding hydrogens is 332 g/mol. The van der Waals surface area contributed by atoms with Crippen LogP contribution in [0.25, 0.3) is 11.1 Å². The van der Waals surface area contributed by atoms with E-state index >= 15 is 0 Å². The van der Waals surface area contributed by atoms with E-state index in [1.165, 1.54) is 0 Å². The summed E-state index contributed by atoms with van der Waals surface area (Å²) in [5.74, 6) is -0.226. The summed E-state index contributed by atoms with van der Waals surface area (Å²) in [5, 5.41) is 38.2. The minimum atomic E-state index is -0.113. The van der Waals surface area contributed by atoms with Gasteiger partial charge in [-0.05, 0) is 39.8 Å². The van der Waals surface area contributed by atoms with Crippen LogP contribution < -0.4 is 0 Å². The Morgan fingerprint density at radius 2 is 1.00 bits per heavy atom. The molecule has 4 nitrogen and oxygen atoms in total. The van der Waals surface area contributed by atoms with Crippen LogP contribution in [0.15, 0.2) is 59.7 Å². The average molecular weight is 344 g/mol. The molecule has 4 heteroatoms. The van der Waals surface area contributed by atoms with Gasteiger partial charge in [0, 0.05) is 11.8 Å². The Hall–Kier alpha value is -4.12. The highest BCUT2D eigenvalue weighted by atomic mass is 14.5. The zero-order valence-corrected chi connectivity index (χ0v) is 14.3. The lowest BCUT2D eigenvalue weighted by Crippen LogP contribution is -2.25. The number of allylic oxidation sites excluding steroid dienone is 4. The predicted molar refractivity (Wildman–Crippen MR) is 99.3 cm³/mol. The second-order valence-electron chi connectivity index (χ2n) is 6.54. The van der Waals surface area contributed by atoms with Gasteiger partial charge in [-0.3, -0.25) is 0 Å². The van der Waals surface area contributed by atoms with Crippen molar-refractivity contribution in [2.45, 2.75) is 18.3 Å². The molecule has 4 rings (SSSR count). The number of fused-ring (bicyclic) bond motifs is 6. The van der Waals surface area contributed by atoms with E-state index in [0.29, 0.717) is 6.42 Å². The minimum absolute atomic E-state index is 0.113. The van der Waals surface area contributed by atoms with Crippen LogP contribution in [0.3, 0.4) is 0 Å². The molecule has 0 saturated carbocycles. The summed E-state index contributed by atoms with van der Waals surface area (Å²) in [4.78, 5) is 0. The van der Waals surface area contributed by atoms with E-state index < -0.39 is 0 Å². The molecule has 0 aliphatic heterocycles. The van der Waals surface area contributed by atoms with Crippen molar-refractivity contribution in [2.75, 3.05) is 0 Å². The van der Waals surface area contributed by atoms with Crippen LogP contribution in [-0.2, 0) is 0 Å². The van der Waals surface area contributed by atoms with Crippen molar-refractivity contribution < 1.29 is 0 Å². The molecule has 0 fully saturated rings. The lowest BCUT2D eigenvalue weighted by molar-refractivity contribution is 0.646. The second-order valence-corrected chi connectivity index (χ2v) is 6.54. The maximum Gasteiger partial charge on any atom is 0.134 e. The molecule has 2 bridgehead atoms. The van der Waals surface area contributed by atoms with Crippen LogP contribution in [0, 0.1) is 45.3 Å². The van der Waals surface area contributed by atoms with Crippen LogP contribution in [0.1, 0.15) is 40.5 Å². The third kappa shape index (κ3) is 2.26. The maximum atomic E-state index is 9.54. The first-order valence-electron chi connectivity index (χ1n) is 8.52. The van der Waals surface area contributed by atoms with Gasteiger partial charge in [0.15, 0.2) is 0 Å². The normalized spacial score (nSPS) is 18.7. The SMILES string of the molecule is N#CC(C#N)=C1c2ccccc2[C@H]2C[C@@H]1c1ccccc1C2=C(C#N)C#N. The summed E-state index contributed by atoms with van der Waals surface area (Å²) >= 11 is 0. The third-order valence-electron chi connectivity index (χ3n) is 5.41. The van der Waals surface area contributed by atoms with E-state index in [1.807, 2.05) is 48.5 Å². The van der Waals surface area contributed by atoms with E-state index in [9.17, 15) is 21.0 Å². The first-order valence-corrected chi connectivity index (χ1v) is 8.52. The number of hydrogen-bond acceptors (Lipinski definition) is 4. The predicted octanol–water partition coefficient (Wildman–Crippen LogP) is 4.57. The zero-order chi connectivity index (χ0) is 19.0. The second kappa shape index (κ2) is 6.31. The van der Waals surface area contributed by atoms with E-state index in [2.05, 4.69) is 24.3 Å². The largest absolute Gasteiger partial charge is 0.192 e. The smallest absolute Gasteiger partial charge is 0.134 e. The molecule has 0 heterocycles. The molecule has 2 aromatic rings. The summed E-state index contributed by atoms with van der Waals surface area (Å²) < 4.78 is 0. The molecule has 124 valence electrons. The van der Waals surface area contributed by atoms with Crippen molar-refractivity contribution >= 4 is 11.1 Å². The van der Waals surface area contributed by atoms with Crippen LogP contribution in [0.2, 0.25) is 0 Å². The van der Waals surface area contributed by atoms with Crippen molar-refractivity contribution in [3.05, 3.63) is 81.9 Å². The average Bonchev–Trinajstić information content (AvgIpc) is 2.73. The van der Waals surface area contributed by atoms with E-state index in [1.54, 1.807) is 0 Å². The topological polar surface area (TPSA) is 95.2 Å². The van der Waals surface area contributed by atoms with Crippen molar-refractivity contribution in [3.63, 3.8) is 0 Å². The van der Waals surface area contributed by atoms with Gasteiger partial charge in [0.2, 0.25) is 0 Å². The first kappa shape index (κ1) is 16.4. The van der Waals surface area contributed by atoms with Gasteiger partial charge >= 0.3 is 0 Å². The highest BCUT2D eigenvalue weighted by Gasteiger charge is 2.42. The maximum absolute atomic E-state index is 9.54. The number of benzene rings is 2. The summed E-state index contributed by atoms with van der Waals surface area (Å²) in [7, 11) is 0. The quantitative estimate of drug-likeness (QED) is 0.654. The van der Waals surface area contributed by atoms with Gasteiger partial charge in [-0.1, -0.05) is 48.5 Å². The van der Waals surface area contributed by atoms with Gasteiger partial charge in [-0.15, -0.1) is 0 Å². The number of nitrogens with zero attached hydrogens (tertiary/aromatic N) is 4. The van der Waals surface area contributed by atoms with Gasteiger partial charge in [-0.2, -0.15) is 21.0 Å². The van der Waals surface area contributed by atoms with E-state index in [0.717, 1.165) is 33.4 Å². The van der Waals surface area contributed by atoms with Gasteiger partial charge in [-0.25, -0.2) is 0 Å². The molecule has 0 unspecified atom stereocenters. The Bertz CT molecular complexity index is 1070. The molecule has 0 N–H and O–H groups in total. The summed E-state index contributed by atoms with van der Waals surface area (Å²) in [6.45, 7) is 0. The molecule has 0 amide bonds. The fourth-order valence-electron chi connectivity index (χ4n) is 4.41. The Morgan fingerprint density at radius 1 is 0.630 bits per heavy atom. The lowest BCUT2D eigenvalue weighted by Gasteiger charge is -2.41. The number of nitriles is 4. The highest BCUT2D eigenvalue weighted by Crippen LogP contribution is 2.57. The van der Waals surface area contributed by atoms with Crippen LogP contribution >= 0.6 is 0 Å². The Balaban J connectivity index is 2.16. The van der Waals surface area contributed by atoms with Gasteiger partial charge in [0.1, 0.15) is 35.4 Å². The Kier molecular flexibility index (Phi) is 3.82. The molecule has 2 aliphatic rings. The van der Waals surface area contributed by atoms with Crippen molar-refractivity contribution in [3.8, 4) is 24.3 Å². The molecule has 0 saturated heterocycles. The zero-order valence-electron chi connectivity index (χ0n) is 14.3. The molecular formula is C23H12N4. The van der Waals surface area contributed by atoms with Crippen LogP contribution in [-0.4, -0.2) is 0 Å². The van der Waals surface area contributed by atoms with Gasteiger partial charge in [0.25, 0.3) is 0 Å². The standard InChI is InChI=1S/C23H12N4/c24-10-14(11-25)22-18-7-3-1-5-16(18)20-9-21(22)17-6-2-4-8-19(17)23(20)15(12-26)13-27/h1-8,20-21H,9H2/t20-,21-/m1/s1. The molecule has 0 aromatic heterocycles. The van der Waals surface area contributed by atoms with Crippen LogP contribution in [0.5, 0.6) is 0 Å². The van der Waals surface area contributed by atoms with Gasteiger partial charge in [0.05, 0.1) is 0 Å². The Morgan fingerprint density at radius 3 is 1.37 bits per heavy atom. The van der Waals surface area contributed by atoms with Crippen molar-refractivity contribution in [2.24, 2.45) is 0 Å². The molecule has 27 heavy (non-hydrogen) atoms. The van der Waals surface area contributed by atoms with Crippen LogP contribution in [0.4, 0.5) is 0 Å². The number of rotatable bonds is 0. The fraction of sp³-hybridized carbons (Fsp3) is 0.130. The van der Waals surface area contributed by atoms with E-state index in [-0.39, 0.29) is 23.0 Å².